The second-order valence-electron chi connectivity index (χ2n) is 8.42. The quantitative estimate of drug-likeness (QED) is 0.250. The molecule has 1 heterocycles. The van der Waals surface area contributed by atoms with Gasteiger partial charge < -0.3 is 15.2 Å². The summed E-state index contributed by atoms with van der Waals surface area (Å²) in [6.45, 7) is 3.69. The first kappa shape index (κ1) is 27.1. The largest absolute Gasteiger partial charge is 0.508 e. The van der Waals surface area contributed by atoms with Crippen molar-refractivity contribution in [3.05, 3.63) is 85.8 Å². The summed E-state index contributed by atoms with van der Waals surface area (Å²) in [6.07, 6.45) is 1.34. The molecule has 1 fully saturated rings. The molecule has 5 amide bonds. The molecule has 4 rings (SSSR count). The fourth-order valence-electron chi connectivity index (χ4n) is 3.62. The minimum absolute atomic E-state index is 0.0369. The van der Waals surface area contributed by atoms with Gasteiger partial charge in [-0.05, 0) is 117 Å². The first-order valence-electron chi connectivity index (χ1n) is 11.2. The van der Waals surface area contributed by atoms with Gasteiger partial charge in [-0.2, -0.15) is 0 Å². The smallest absolute Gasteiger partial charge is 0.335 e. The van der Waals surface area contributed by atoms with Crippen LogP contribution in [0.2, 0.25) is 0 Å². The number of amides is 5. The highest BCUT2D eigenvalue weighted by atomic mass is 79.9. The van der Waals surface area contributed by atoms with Crippen LogP contribution in [0.1, 0.15) is 16.7 Å². The van der Waals surface area contributed by atoms with Crippen molar-refractivity contribution in [3.8, 4) is 11.5 Å². The van der Waals surface area contributed by atoms with Gasteiger partial charge >= 0.3 is 6.03 Å². The number of hydrogen-bond donors (Lipinski definition) is 3. The number of nitrogens with zero attached hydrogens (tertiary/aromatic N) is 1. The number of halogens is 2. The molecule has 194 valence electrons. The van der Waals surface area contributed by atoms with Crippen LogP contribution in [0.25, 0.3) is 6.08 Å². The van der Waals surface area contributed by atoms with Crippen LogP contribution in [-0.4, -0.2) is 35.5 Å². The number of ether oxygens (including phenoxy) is 1. The minimum atomic E-state index is -0.895. The highest BCUT2D eigenvalue weighted by molar-refractivity contribution is 9.11. The maximum absolute atomic E-state index is 13.1. The molecule has 0 bridgehead atoms. The van der Waals surface area contributed by atoms with Crippen LogP contribution in [0.4, 0.5) is 16.2 Å². The van der Waals surface area contributed by atoms with Gasteiger partial charge in [0.15, 0.2) is 6.61 Å². The molecule has 1 saturated heterocycles. The predicted molar refractivity (Wildman–Crippen MR) is 149 cm³/mol. The van der Waals surface area contributed by atoms with Crippen LogP contribution in [0.3, 0.4) is 0 Å². The molecule has 0 aliphatic carbocycles. The highest BCUT2D eigenvalue weighted by Gasteiger charge is 2.36. The highest BCUT2D eigenvalue weighted by Crippen LogP contribution is 2.36. The lowest BCUT2D eigenvalue weighted by Gasteiger charge is -2.26. The van der Waals surface area contributed by atoms with Crippen LogP contribution in [0, 0.1) is 13.8 Å². The number of carbonyl (C=O) groups excluding carboxylic acids is 4. The Morgan fingerprint density at radius 2 is 1.66 bits per heavy atom. The zero-order valence-corrected chi connectivity index (χ0v) is 23.3. The zero-order valence-electron chi connectivity index (χ0n) is 20.2. The topological polar surface area (TPSA) is 125 Å². The second kappa shape index (κ2) is 11.2. The normalized spacial score (nSPS) is 14.5. The van der Waals surface area contributed by atoms with E-state index in [1.165, 1.54) is 30.3 Å². The molecular formula is C27H21Br2N3O6. The van der Waals surface area contributed by atoms with Crippen molar-refractivity contribution >= 4 is 73.1 Å². The van der Waals surface area contributed by atoms with Crippen LogP contribution in [-0.2, 0) is 14.4 Å². The van der Waals surface area contributed by atoms with E-state index >= 15 is 0 Å². The molecule has 3 N–H and O–H groups in total. The maximum atomic E-state index is 13.1. The van der Waals surface area contributed by atoms with E-state index in [4.69, 9.17) is 4.74 Å². The lowest BCUT2D eigenvalue weighted by molar-refractivity contribution is -0.122. The number of barbiturate groups is 1. The Bertz CT molecular complexity index is 1480. The third-order valence-electron chi connectivity index (χ3n) is 5.68. The van der Waals surface area contributed by atoms with E-state index in [1.54, 1.807) is 12.1 Å². The maximum Gasteiger partial charge on any atom is 0.335 e. The van der Waals surface area contributed by atoms with Gasteiger partial charge in [0.1, 0.15) is 17.1 Å². The van der Waals surface area contributed by atoms with Gasteiger partial charge in [-0.15, -0.1) is 0 Å². The number of aromatic hydroxyl groups is 1. The van der Waals surface area contributed by atoms with Crippen LogP contribution < -0.4 is 20.3 Å². The molecule has 0 atom stereocenters. The first-order chi connectivity index (χ1) is 18.0. The Morgan fingerprint density at radius 3 is 2.29 bits per heavy atom. The molecule has 11 heteroatoms. The Balaban J connectivity index is 1.51. The van der Waals surface area contributed by atoms with E-state index < -0.39 is 17.8 Å². The zero-order chi connectivity index (χ0) is 27.6. The van der Waals surface area contributed by atoms with E-state index in [0.29, 0.717) is 25.9 Å². The summed E-state index contributed by atoms with van der Waals surface area (Å²) in [4.78, 5) is 51.1. The monoisotopic (exact) mass is 641 g/mol. The summed E-state index contributed by atoms with van der Waals surface area (Å²) in [6, 6.07) is 13.3. The Hall–Kier alpha value is -3.96. The van der Waals surface area contributed by atoms with Crippen LogP contribution in [0.5, 0.6) is 11.5 Å². The van der Waals surface area contributed by atoms with E-state index in [0.717, 1.165) is 16.0 Å². The lowest BCUT2D eigenvalue weighted by atomic mass is 10.1. The Labute approximate surface area is 234 Å². The Kier molecular flexibility index (Phi) is 7.98. The van der Waals surface area contributed by atoms with E-state index in [1.807, 2.05) is 32.0 Å². The number of rotatable bonds is 6. The number of carbonyl (C=O) groups is 4. The van der Waals surface area contributed by atoms with Gasteiger partial charge in [-0.25, -0.2) is 9.69 Å². The van der Waals surface area contributed by atoms with Gasteiger partial charge in [-0.1, -0.05) is 6.07 Å². The van der Waals surface area contributed by atoms with Gasteiger partial charge in [0.05, 0.1) is 14.6 Å². The summed E-state index contributed by atoms with van der Waals surface area (Å²) < 4.78 is 6.63. The number of anilines is 2. The van der Waals surface area contributed by atoms with Crippen molar-refractivity contribution in [3.63, 3.8) is 0 Å². The van der Waals surface area contributed by atoms with Crippen molar-refractivity contribution in [2.75, 3.05) is 16.8 Å². The van der Waals surface area contributed by atoms with Gasteiger partial charge in [0, 0.05) is 5.69 Å². The molecule has 0 radical (unpaired) electrons. The number of imide groups is 2. The number of hydrogen-bond acceptors (Lipinski definition) is 6. The van der Waals surface area contributed by atoms with Crippen molar-refractivity contribution in [1.82, 2.24) is 5.32 Å². The molecule has 3 aromatic carbocycles. The predicted octanol–water partition coefficient (Wildman–Crippen LogP) is 5.22. The molecule has 0 saturated carbocycles. The van der Waals surface area contributed by atoms with E-state index in [-0.39, 0.29) is 29.5 Å². The second-order valence-corrected chi connectivity index (χ2v) is 10.1. The molecule has 1 aliphatic heterocycles. The van der Waals surface area contributed by atoms with E-state index in [9.17, 15) is 24.3 Å². The standard InChI is InChI=1S/C27H21Br2N3O6/c1-14-3-4-17(9-15(14)2)30-23(34)13-38-24-21(28)11-16(12-22(24)29)10-20-25(35)31-27(37)32(26(20)36)18-5-7-19(33)8-6-18/h3-12,33H,13H2,1-2H3,(H,30,34)(H,31,35,37)/b20-10-. The summed E-state index contributed by atoms with van der Waals surface area (Å²) in [7, 11) is 0. The molecule has 0 unspecified atom stereocenters. The Morgan fingerprint density at radius 1 is 1.00 bits per heavy atom. The van der Waals surface area contributed by atoms with Crippen molar-refractivity contribution < 1.29 is 29.0 Å². The summed E-state index contributed by atoms with van der Waals surface area (Å²) in [5.41, 5.74) is 3.21. The van der Waals surface area contributed by atoms with Crippen LogP contribution in [0.15, 0.2) is 69.1 Å². The fraction of sp³-hybridized carbons (Fsp3) is 0.111. The average Bonchev–Trinajstić information content (AvgIpc) is 2.84. The number of nitrogens with one attached hydrogen (secondary N) is 2. The number of phenols is 1. The number of benzene rings is 3. The minimum Gasteiger partial charge on any atom is -0.508 e. The molecule has 1 aliphatic rings. The fourth-order valence-corrected chi connectivity index (χ4v) is 5.07. The number of urea groups is 1. The summed E-state index contributed by atoms with van der Waals surface area (Å²) in [5.74, 6) is -1.69. The molecular weight excluding hydrogens is 622 g/mol. The number of aryl methyl sites for hydroxylation is 2. The van der Waals surface area contributed by atoms with Crippen LogP contribution >= 0.6 is 31.9 Å². The first-order valence-corrected chi connectivity index (χ1v) is 12.8. The van der Waals surface area contributed by atoms with E-state index in [2.05, 4.69) is 42.5 Å². The molecule has 0 spiro atoms. The van der Waals surface area contributed by atoms with Crippen molar-refractivity contribution in [1.29, 1.82) is 0 Å². The van der Waals surface area contributed by atoms with Crippen molar-refractivity contribution in [2.45, 2.75) is 13.8 Å². The third-order valence-corrected chi connectivity index (χ3v) is 6.86. The SMILES string of the molecule is Cc1ccc(NC(=O)COc2c(Br)cc(/C=C3/C(=O)NC(=O)N(c4ccc(O)cc4)C3=O)cc2Br)cc1C. The van der Waals surface area contributed by atoms with Gasteiger partial charge in [0.2, 0.25) is 0 Å². The van der Waals surface area contributed by atoms with Gasteiger partial charge in [-0.3, -0.25) is 19.7 Å². The molecule has 9 nitrogen and oxygen atoms in total. The third kappa shape index (κ3) is 5.95. The molecule has 38 heavy (non-hydrogen) atoms. The van der Waals surface area contributed by atoms with Gasteiger partial charge in [0.25, 0.3) is 17.7 Å². The molecule has 3 aromatic rings. The number of phenolic OH excluding ortho intramolecular Hbond substituents is 1. The lowest BCUT2D eigenvalue weighted by Crippen LogP contribution is -2.54. The molecule has 0 aromatic heterocycles. The summed E-state index contributed by atoms with van der Waals surface area (Å²) >= 11 is 6.81. The van der Waals surface area contributed by atoms with Crippen molar-refractivity contribution in [2.24, 2.45) is 0 Å². The average molecular weight is 643 g/mol. The summed E-state index contributed by atoms with van der Waals surface area (Å²) in [5, 5.41) is 14.4.